The van der Waals surface area contributed by atoms with E-state index in [1.165, 1.54) is 11.8 Å². The smallest absolute Gasteiger partial charge is 0.407 e. The molecule has 0 bridgehead atoms. The van der Waals surface area contributed by atoms with Crippen LogP contribution in [0.15, 0.2) is 12.1 Å². The average molecular weight is 414 g/mol. The second-order valence-electron chi connectivity index (χ2n) is 9.43. The average Bonchev–Trinajstić information content (AvgIpc) is 2.52. The molecule has 0 amide bonds. The maximum Gasteiger partial charge on any atom is 0.497 e. The van der Waals surface area contributed by atoms with Crippen LogP contribution in [0, 0.1) is 17.0 Å². The quantitative estimate of drug-likeness (QED) is 0.546. The second kappa shape index (κ2) is 8.42. The highest BCUT2D eigenvalue weighted by Crippen LogP contribution is 2.33. The summed E-state index contributed by atoms with van der Waals surface area (Å²) in [7, 11) is -0.980. The van der Waals surface area contributed by atoms with Crippen LogP contribution in [0.5, 0.6) is 0 Å². The third-order valence-corrected chi connectivity index (χ3v) is 5.68. The summed E-state index contributed by atoms with van der Waals surface area (Å²) in [6.07, 6.45) is 0.459. The highest BCUT2D eigenvalue weighted by atomic mass is 32.2. The number of aliphatic hydroxyl groups is 1. The van der Waals surface area contributed by atoms with Crippen molar-refractivity contribution >= 4 is 30.1 Å². The molecule has 156 valence electrons. The number of thioether (sulfide) groups is 1. The first-order valence-corrected chi connectivity index (χ1v) is 10.3. The zero-order valence-electron chi connectivity index (χ0n) is 17.4. The van der Waals surface area contributed by atoms with Gasteiger partial charge in [-0.05, 0) is 32.4 Å². The largest absolute Gasteiger partial charge is 0.497 e. The van der Waals surface area contributed by atoms with E-state index in [1.54, 1.807) is 13.8 Å². The number of halogens is 2. The zero-order chi connectivity index (χ0) is 21.3. The summed E-state index contributed by atoms with van der Waals surface area (Å²) < 4.78 is 39.7. The van der Waals surface area contributed by atoms with E-state index in [1.807, 2.05) is 27.7 Å². The van der Waals surface area contributed by atoms with Gasteiger partial charge in [0, 0.05) is 28.8 Å². The van der Waals surface area contributed by atoms with Gasteiger partial charge in [0.15, 0.2) is 5.78 Å². The van der Waals surface area contributed by atoms with E-state index in [0.29, 0.717) is 19.6 Å². The molecule has 1 saturated heterocycles. The lowest BCUT2D eigenvalue weighted by atomic mass is 9.75. The number of hydrogen-bond acceptors (Lipinski definition) is 5. The molecule has 1 aliphatic heterocycles. The lowest BCUT2D eigenvalue weighted by molar-refractivity contribution is 0.0340. The van der Waals surface area contributed by atoms with E-state index < -0.39 is 30.1 Å². The molecule has 0 atom stereocenters. The fourth-order valence-electron chi connectivity index (χ4n) is 3.26. The van der Waals surface area contributed by atoms with Crippen molar-refractivity contribution in [1.82, 2.24) is 0 Å². The Kier molecular flexibility index (Phi) is 7.02. The topological polar surface area (TPSA) is 55.8 Å². The Morgan fingerprint density at radius 1 is 1.18 bits per heavy atom. The Bertz CT molecular complexity index is 722. The van der Waals surface area contributed by atoms with Crippen LogP contribution in [0.25, 0.3) is 0 Å². The summed E-state index contributed by atoms with van der Waals surface area (Å²) in [5.74, 6) is -2.03. The van der Waals surface area contributed by atoms with Gasteiger partial charge in [0.1, 0.15) is 11.6 Å². The van der Waals surface area contributed by atoms with Gasteiger partial charge in [0.05, 0.1) is 16.9 Å². The number of benzene rings is 1. The van der Waals surface area contributed by atoms with Crippen molar-refractivity contribution in [2.45, 2.75) is 58.3 Å². The molecule has 0 radical (unpaired) electrons. The predicted octanol–water partition coefficient (Wildman–Crippen LogP) is 3.59. The Hall–Kier alpha value is -0.955. The van der Waals surface area contributed by atoms with Crippen molar-refractivity contribution in [2.75, 3.05) is 19.0 Å². The minimum atomic E-state index is -0.980. The molecule has 0 aromatic heterocycles. The fraction of sp³-hybridized carbons (Fsp3) is 0.650. The van der Waals surface area contributed by atoms with E-state index in [-0.39, 0.29) is 26.9 Å². The monoisotopic (exact) mass is 414 g/mol. The molecule has 1 aromatic carbocycles. The van der Waals surface area contributed by atoms with Gasteiger partial charge in [0.2, 0.25) is 0 Å². The SMILES string of the molecule is CC(C)(O)CC(C)(C)SCC(=O)c1cc(F)c(B2OCC(C)(C)CO2)cc1F. The van der Waals surface area contributed by atoms with E-state index >= 15 is 0 Å². The van der Waals surface area contributed by atoms with Crippen molar-refractivity contribution in [1.29, 1.82) is 0 Å². The van der Waals surface area contributed by atoms with E-state index in [9.17, 15) is 18.7 Å². The van der Waals surface area contributed by atoms with Crippen LogP contribution < -0.4 is 5.46 Å². The summed E-state index contributed by atoms with van der Waals surface area (Å²) in [5.41, 5.74) is -1.40. The first-order valence-electron chi connectivity index (χ1n) is 9.31. The predicted molar refractivity (Wildman–Crippen MR) is 109 cm³/mol. The number of carbonyl (C=O) groups is 1. The number of carbonyl (C=O) groups excluding carboxylic acids is 1. The van der Waals surface area contributed by atoms with Gasteiger partial charge in [-0.3, -0.25) is 4.79 Å². The van der Waals surface area contributed by atoms with Gasteiger partial charge in [0.25, 0.3) is 0 Å². The summed E-state index contributed by atoms with van der Waals surface area (Å²) in [6.45, 7) is 11.9. The van der Waals surface area contributed by atoms with Crippen LogP contribution in [-0.4, -0.2) is 47.3 Å². The summed E-state index contributed by atoms with van der Waals surface area (Å²) in [6, 6.07) is 1.90. The van der Waals surface area contributed by atoms with Crippen LogP contribution >= 0.6 is 11.8 Å². The van der Waals surface area contributed by atoms with Gasteiger partial charge in [-0.15, -0.1) is 11.8 Å². The summed E-state index contributed by atoms with van der Waals surface area (Å²) >= 11 is 1.31. The van der Waals surface area contributed by atoms with Gasteiger partial charge >= 0.3 is 7.12 Å². The van der Waals surface area contributed by atoms with Crippen molar-refractivity contribution < 1.29 is 28.0 Å². The summed E-state index contributed by atoms with van der Waals surface area (Å²) in [5, 5.41) is 9.97. The highest BCUT2D eigenvalue weighted by Gasteiger charge is 2.36. The minimum absolute atomic E-state index is 0.0105. The molecule has 1 aromatic rings. The van der Waals surface area contributed by atoms with Crippen LogP contribution in [0.3, 0.4) is 0 Å². The lowest BCUT2D eigenvalue weighted by Crippen LogP contribution is -2.48. The van der Waals surface area contributed by atoms with Crippen LogP contribution in [0.2, 0.25) is 0 Å². The molecule has 0 unspecified atom stereocenters. The highest BCUT2D eigenvalue weighted by molar-refractivity contribution is 8.01. The molecule has 1 N–H and O–H groups in total. The van der Waals surface area contributed by atoms with Crippen molar-refractivity contribution in [3.63, 3.8) is 0 Å². The number of Topliss-reactive ketones (excluding diaryl/α,β-unsaturated/α-hetero) is 1. The molecule has 1 heterocycles. The lowest BCUT2D eigenvalue weighted by Gasteiger charge is -2.33. The molecule has 0 spiro atoms. The fourth-order valence-corrected chi connectivity index (χ4v) is 4.39. The van der Waals surface area contributed by atoms with Crippen molar-refractivity contribution in [2.24, 2.45) is 5.41 Å². The van der Waals surface area contributed by atoms with Gasteiger partial charge in [-0.2, -0.15) is 0 Å². The maximum atomic E-state index is 14.5. The van der Waals surface area contributed by atoms with Gasteiger partial charge in [-0.25, -0.2) is 8.78 Å². The van der Waals surface area contributed by atoms with Crippen LogP contribution in [0.1, 0.15) is 58.3 Å². The third kappa shape index (κ3) is 6.54. The Morgan fingerprint density at radius 3 is 2.29 bits per heavy atom. The third-order valence-electron chi connectivity index (χ3n) is 4.34. The first-order chi connectivity index (χ1) is 12.7. The maximum absolute atomic E-state index is 14.5. The molecular formula is C20H29BF2O4S. The van der Waals surface area contributed by atoms with Crippen molar-refractivity contribution in [3.05, 3.63) is 29.3 Å². The van der Waals surface area contributed by atoms with Crippen molar-refractivity contribution in [3.8, 4) is 0 Å². The first kappa shape index (κ1) is 23.3. The summed E-state index contributed by atoms with van der Waals surface area (Å²) in [4.78, 5) is 12.5. The van der Waals surface area contributed by atoms with E-state index in [4.69, 9.17) is 9.31 Å². The Morgan fingerprint density at radius 2 is 1.75 bits per heavy atom. The normalized spacial score (nSPS) is 17.7. The molecule has 2 rings (SSSR count). The van der Waals surface area contributed by atoms with Gasteiger partial charge in [-0.1, -0.05) is 27.7 Å². The molecule has 0 saturated carbocycles. The zero-order valence-corrected chi connectivity index (χ0v) is 18.2. The van der Waals surface area contributed by atoms with Crippen LogP contribution in [-0.2, 0) is 9.31 Å². The minimum Gasteiger partial charge on any atom is -0.407 e. The number of ketones is 1. The number of hydrogen-bond donors (Lipinski definition) is 1. The molecular weight excluding hydrogens is 385 g/mol. The Labute approximate surface area is 170 Å². The molecule has 1 aliphatic rings. The second-order valence-corrected chi connectivity index (χ2v) is 11.1. The molecule has 0 aliphatic carbocycles. The van der Waals surface area contributed by atoms with E-state index in [2.05, 4.69) is 0 Å². The number of rotatable bonds is 7. The van der Waals surface area contributed by atoms with Gasteiger partial charge < -0.3 is 14.4 Å². The molecule has 4 nitrogen and oxygen atoms in total. The standard InChI is InChI=1S/C20H29BF2O4S/c1-18(2)11-26-21(27-12-18)14-8-15(22)13(7-16(14)23)17(24)9-28-20(5,6)10-19(3,4)25/h7-8,25H,9-12H2,1-6H3. The molecule has 1 fully saturated rings. The Balaban J connectivity index is 2.08. The molecule has 8 heteroatoms. The molecule has 28 heavy (non-hydrogen) atoms. The van der Waals surface area contributed by atoms with Crippen LogP contribution in [0.4, 0.5) is 8.78 Å². The van der Waals surface area contributed by atoms with E-state index in [0.717, 1.165) is 12.1 Å².